The SMILES string of the molecule is CC(=O)N1CCC(c2cc(-c3cnc4ccc(C(F)F)nn34)ncn2)C1.CS(=O)(=O)N1CCC(c2cc(-c3cnc4ccc(C(F)F)nn34)ncn2)C1.FC(F)c1ccc2ncc(-c3cc(N4CC5(COC5)C4)ncn3)n2n1.FC(F)c1ccc2ncc(-c3cc(N4CCOCC4)ncn3)n2n1.O=C(NCCO)N1CCC(c2cc(-c3cnc4ccc(C(F)F)nn34)ncn2)C1. The van der Waals surface area contributed by atoms with Crippen LogP contribution in [-0.2, 0) is 24.3 Å². The number of halogens is 10. The minimum absolute atomic E-state index is 0.0281. The van der Waals surface area contributed by atoms with E-state index < -0.39 is 42.2 Å². The first-order valence-electron chi connectivity index (χ1n) is 41.0. The Balaban J connectivity index is 0.000000115. The van der Waals surface area contributed by atoms with Crippen LogP contribution in [-0.4, -0.2) is 274 Å². The van der Waals surface area contributed by atoms with Gasteiger partial charge in [0.2, 0.25) is 15.9 Å². The molecule has 1 spiro atoms. The Labute approximate surface area is 736 Å². The normalized spacial score (nSPS) is 17.3. The molecule has 3 amide bonds. The van der Waals surface area contributed by atoms with Crippen LogP contribution >= 0.6 is 0 Å². The van der Waals surface area contributed by atoms with Gasteiger partial charge in [0.05, 0.1) is 104 Å². The number of likely N-dealkylation sites (tertiary alicyclic amines) is 2. The first-order chi connectivity index (χ1) is 63.3. The second-order valence-corrected chi connectivity index (χ2v) is 33.2. The fourth-order valence-corrected chi connectivity index (χ4v) is 16.6. The Kier molecular flexibility index (Phi) is 26.0. The summed E-state index contributed by atoms with van der Waals surface area (Å²) in [6, 6.07) is 22.6. The fourth-order valence-electron chi connectivity index (χ4n) is 15.7. The highest BCUT2D eigenvalue weighted by Gasteiger charge is 2.49. The van der Waals surface area contributed by atoms with Gasteiger partial charge in [0.25, 0.3) is 32.1 Å². The van der Waals surface area contributed by atoms with Crippen molar-refractivity contribution in [2.75, 3.05) is 121 Å². The molecule has 3 atom stereocenters. The van der Waals surface area contributed by atoms with E-state index in [0.29, 0.717) is 150 Å². The van der Waals surface area contributed by atoms with Crippen LogP contribution in [0.15, 0.2) is 154 Å². The zero-order valence-corrected chi connectivity index (χ0v) is 70.3. The number of carbonyl (C=O) groups excluding carboxylic acids is 2. The number of aromatic nitrogens is 25. The molecule has 0 bridgehead atoms. The molecule has 0 radical (unpaired) electrons. The summed E-state index contributed by atoms with van der Waals surface area (Å²) in [7, 11) is -3.24. The van der Waals surface area contributed by atoms with E-state index in [1.165, 1.54) is 138 Å². The van der Waals surface area contributed by atoms with Gasteiger partial charge in [0.15, 0.2) is 28.2 Å². The number of morpholine rings is 1. The van der Waals surface area contributed by atoms with Crippen molar-refractivity contribution >= 4 is 61.8 Å². The lowest BCUT2D eigenvalue weighted by Crippen LogP contribution is -2.66. The van der Waals surface area contributed by atoms with Crippen LogP contribution in [0.25, 0.3) is 85.2 Å². The number of ether oxygens (including phenoxy) is 2. The smallest absolute Gasteiger partial charge is 0.317 e. The maximum absolute atomic E-state index is 13.0. The number of aliphatic hydroxyl groups excluding tert-OH is 1. The molecular weight excluding hydrogens is 1750 g/mol. The van der Waals surface area contributed by atoms with Crippen molar-refractivity contribution in [2.24, 2.45) is 5.41 Å². The standard InChI is InChI=1S/C18H19F2N7O2.C17H16F2N6O.C16H16F2N6O2S.C16H14F2N6O.C15H14F2N6O/c19-17(20)12-1-2-16-22-8-15(27(16)25-12)14-7-13(23-10-24-14)11-3-5-26(9-11)18(29)21-4-6-28;1-10(26)24-5-4-11(8-24)13-6-14(22-9-21-13)15-7-20-16-3-2-12(17(18)19)23-25(15)16;1-27(25,26)23-5-4-10(8-23)12-6-13(21-9-20-12)14-7-19-15-3-2-11(16(17)18)22-24(14)15;17-15(18)10-1-2-13-19-4-12(24(13)22-10)11-3-14(21-9-20-11)23-5-16(6-23)7-25-8-16;16-15(17)10-1-2-13-18-8-12(23(13)21-10)11-7-14(20-9-19-11)22-3-5-24-6-4-22/h1-2,7-8,10-11,17,28H,3-6,9H2,(H,21,29);2-3,6-7,9,11,17H,4-5,8H2,1H3;2-3,6-7,9-10,16H,4-5,8H2,1H3;1-4,9,15H,5-8H2;1-2,7-9,15H,3-6H2. The summed E-state index contributed by atoms with van der Waals surface area (Å²) >= 11 is 0. The molecule has 3 unspecified atom stereocenters. The van der Waals surface area contributed by atoms with Gasteiger partial charge >= 0.3 is 6.03 Å². The Hall–Kier alpha value is -14.1. The number of sulfonamides is 1. The molecule has 0 saturated carbocycles. The van der Waals surface area contributed by atoms with Crippen LogP contribution in [0.5, 0.6) is 0 Å². The predicted octanol–water partition coefficient (Wildman–Crippen LogP) is 9.87. The van der Waals surface area contributed by atoms with Crippen LogP contribution in [0.2, 0.25) is 0 Å². The molecule has 131 heavy (non-hydrogen) atoms. The summed E-state index contributed by atoms with van der Waals surface area (Å²) in [5.41, 5.74) is 8.59. The van der Waals surface area contributed by atoms with E-state index in [9.17, 15) is 61.9 Å². The molecule has 49 heteroatoms. The van der Waals surface area contributed by atoms with Crippen molar-refractivity contribution in [1.82, 2.24) is 142 Å². The molecule has 6 fully saturated rings. The first kappa shape index (κ1) is 88.9. The molecule has 6 saturated heterocycles. The molecule has 680 valence electrons. The summed E-state index contributed by atoms with van der Waals surface area (Å²) in [6.45, 7) is 11.0. The van der Waals surface area contributed by atoms with Gasteiger partial charge < -0.3 is 39.5 Å². The van der Waals surface area contributed by atoms with Crippen LogP contribution < -0.4 is 15.1 Å². The van der Waals surface area contributed by atoms with Gasteiger partial charge in [-0.15, -0.1) is 0 Å². The number of nitrogens with one attached hydrogen (secondary N) is 1. The van der Waals surface area contributed by atoms with E-state index in [1.54, 1.807) is 47.4 Å². The number of hydrogen-bond acceptors (Lipinski definition) is 29. The number of carbonyl (C=O) groups is 2. The number of imidazole rings is 5. The largest absolute Gasteiger partial charge is 0.395 e. The lowest BCUT2D eigenvalue weighted by atomic mass is 9.78. The minimum atomic E-state index is -3.24. The molecule has 38 nitrogen and oxygen atoms in total. The number of nitrogens with zero attached hydrogens (tertiary/aromatic N) is 30. The zero-order chi connectivity index (χ0) is 91.4. The molecule has 6 aliphatic heterocycles. The number of anilines is 2. The third kappa shape index (κ3) is 19.6. The van der Waals surface area contributed by atoms with E-state index in [2.05, 4.69) is 115 Å². The third-order valence-electron chi connectivity index (χ3n) is 22.6. The summed E-state index contributed by atoms with van der Waals surface area (Å²) in [6.07, 6.45) is 5.03. The Morgan fingerprint density at radius 1 is 0.420 bits per heavy atom. The van der Waals surface area contributed by atoms with Crippen LogP contribution in [0.3, 0.4) is 0 Å². The average Bonchev–Trinajstić information content (AvgIpc) is 1.71. The topological polar surface area (TPSA) is 415 Å². The molecule has 21 heterocycles. The van der Waals surface area contributed by atoms with Crippen molar-refractivity contribution in [1.29, 1.82) is 0 Å². The van der Waals surface area contributed by atoms with Gasteiger partial charge in [0, 0.05) is 126 Å². The Morgan fingerprint density at radius 3 is 1.07 bits per heavy atom. The number of fused-ring (bicyclic) bond motifs is 5. The quantitative estimate of drug-likeness (QED) is 0.0754. The second-order valence-electron chi connectivity index (χ2n) is 31.3. The van der Waals surface area contributed by atoms with Crippen molar-refractivity contribution in [3.8, 4) is 56.9 Å². The van der Waals surface area contributed by atoms with Crippen molar-refractivity contribution in [3.63, 3.8) is 0 Å². The average molecular weight is 1830 g/mol. The molecule has 15 aromatic heterocycles. The van der Waals surface area contributed by atoms with Crippen molar-refractivity contribution in [3.05, 3.63) is 199 Å². The van der Waals surface area contributed by atoms with Gasteiger partial charge in [-0.05, 0) is 98.1 Å². The Bertz CT molecular complexity index is 6760. The first-order valence-corrected chi connectivity index (χ1v) is 42.9. The second kappa shape index (κ2) is 38.3. The molecule has 15 aromatic rings. The summed E-state index contributed by atoms with van der Waals surface area (Å²) in [5, 5.41) is 31.3. The van der Waals surface area contributed by atoms with E-state index >= 15 is 0 Å². The molecular formula is C82H79F10N31O7S. The maximum atomic E-state index is 13.0. The van der Waals surface area contributed by atoms with Gasteiger partial charge in [-0.3, -0.25) is 4.79 Å². The summed E-state index contributed by atoms with van der Waals surface area (Å²) in [4.78, 5) is 95.1. The molecule has 21 rings (SSSR count). The van der Waals surface area contributed by atoms with Gasteiger partial charge in [-0.25, -0.2) is 159 Å². The van der Waals surface area contributed by atoms with Crippen LogP contribution in [0.4, 0.5) is 60.3 Å². The molecule has 6 aliphatic rings. The zero-order valence-electron chi connectivity index (χ0n) is 69.5. The highest BCUT2D eigenvalue weighted by Crippen LogP contribution is 2.41. The van der Waals surface area contributed by atoms with Gasteiger partial charge in [0.1, 0.15) is 100 Å². The number of aliphatic hydroxyl groups is 1. The van der Waals surface area contributed by atoms with E-state index in [4.69, 9.17) is 14.6 Å². The maximum Gasteiger partial charge on any atom is 0.317 e. The van der Waals surface area contributed by atoms with Crippen LogP contribution in [0.1, 0.15) is 122 Å². The molecule has 0 aromatic carbocycles. The summed E-state index contributed by atoms with van der Waals surface area (Å²) in [5.74, 6) is 1.73. The minimum Gasteiger partial charge on any atom is -0.395 e. The van der Waals surface area contributed by atoms with Crippen molar-refractivity contribution in [2.45, 2.75) is 76.1 Å². The van der Waals surface area contributed by atoms with E-state index in [1.807, 2.05) is 18.2 Å². The Morgan fingerprint density at radius 2 is 0.748 bits per heavy atom. The lowest BCUT2D eigenvalue weighted by molar-refractivity contribution is -0.127. The number of urea groups is 1. The molecule has 0 aliphatic carbocycles. The van der Waals surface area contributed by atoms with E-state index in [-0.39, 0.29) is 76.7 Å². The number of hydrogen-bond donors (Lipinski definition) is 2. The lowest BCUT2D eigenvalue weighted by Gasteiger charge is -2.55. The monoisotopic (exact) mass is 1830 g/mol. The van der Waals surface area contributed by atoms with Crippen LogP contribution in [0, 0.1) is 5.41 Å². The highest BCUT2D eigenvalue weighted by atomic mass is 32.2. The molecule has 2 N–H and O–H groups in total. The number of amides is 3. The highest BCUT2D eigenvalue weighted by molar-refractivity contribution is 7.88. The fraction of sp³-hybridized carbons (Fsp3) is 0.366. The van der Waals surface area contributed by atoms with Crippen molar-refractivity contribution < 1.29 is 76.5 Å². The number of alkyl halides is 10. The van der Waals surface area contributed by atoms with Gasteiger partial charge in [-0.1, -0.05) is 0 Å². The summed E-state index contributed by atoms with van der Waals surface area (Å²) < 4.78 is 172. The van der Waals surface area contributed by atoms with E-state index in [0.717, 1.165) is 75.3 Å². The predicted molar refractivity (Wildman–Crippen MR) is 446 cm³/mol. The number of rotatable bonds is 18. The van der Waals surface area contributed by atoms with Gasteiger partial charge in [-0.2, -0.15) is 25.5 Å². The third-order valence-corrected chi connectivity index (χ3v) is 23.9.